The number of nitrogens with zero attached hydrogens (tertiary/aromatic N) is 2. The van der Waals surface area contributed by atoms with Crippen molar-refractivity contribution in [1.29, 1.82) is 5.26 Å². The molecule has 0 atom stereocenters. The first-order valence-corrected chi connectivity index (χ1v) is 10.8. The Bertz CT molecular complexity index is 973. The van der Waals surface area contributed by atoms with E-state index in [-0.39, 0.29) is 24.4 Å². The van der Waals surface area contributed by atoms with Gasteiger partial charge in [-0.3, -0.25) is 4.79 Å². The smallest absolute Gasteiger partial charge is 0.173 e. The zero-order valence-electron chi connectivity index (χ0n) is 18.1. The third kappa shape index (κ3) is 6.14. The molecule has 0 saturated carbocycles. The number of rotatable bonds is 12. The van der Waals surface area contributed by atoms with Crippen molar-refractivity contribution in [2.75, 3.05) is 51.0 Å². The second kappa shape index (κ2) is 11.6. The molecule has 1 saturated heterocycles. The molecule has 1 aliphatic heterocycles. The maximum absolute atomic E-state index is 12.6. The number of allylic oxidation sites excluding steroid dienone is 2. The van der Waals surface area contributed by atoms with Crippen molar-refractivity contribution < 1.29 is 19.4 Å². The quantitative estimate of drug-likeness (QED) is 0.319. The summed E-state index contributed by atoms with van der Waals surface area (Å²) >= 11 is 0. The van der Waals surface area contributed by atoms with Gasteiger partial charge in [-0.15, -0.1) is 0 Å². The van der Waals surface area contributed by atoms with Gasteiger partial charge in [0.2, 0.25) is 0 Å². The summed E-state index contributed by atoms with van der Waals surface area (Å²) in [5.74, 6) is -0.159. The Morgan fingerprint density at radius 2 is 1.77 bits per heavy atom. The standard InChI is InChI=1S/C25H30N2O4/c1-19(24(18-26)25(29)4-2-12-30-14-15-31-13-11-28)20-5-6-22-17-23(27-9-3-10-27)8-7-21(22)16-20/h5-8,16-17,28H,2-4,9-15H2,1H3/b24-19+. The second-order valence-electron chi connectivity index (χ2n) is 7.67. The lowest BCUT2D eigenvalue weighted by atomic mass is 9.95. The van der Waals surface area contributed by atoms with Crippen LogP contribution in [0.3, 0.4) is 0 Å². The van der Waals surface area contributed by atoms with Crippen molar-refractivity contribution in [3.8, 4) is 6.07 Å². The fourth-order valence-corrected chi connectivity index (χ4v) is 3.58. The molecule has 2 aromatic carbocycles. The van der Waals surface area contributed by atoms with Crippen LogP contribution in [0.2, 0.25) is 0 Å². The molecule has 0 aromatic heterocycles. The van der Waals surface area contributed by atoms with Gasteiger partial charge < -0.3 is 19.5 Å². The summed E-state index contributed by atoms with van der Waals surface area (Å²) in [5, 5.41) is 20.5. The first-order valence-electron chi connectivity index (χ1n) is 10.8. The largest absolute Gasteiger partial charge is 0.394 e. The van der Waals surface area contributed by atoms with E-state index >= 15 is 0 Å². The minimum Gasteiger partial charge on any atom is -0.394 e. The van der Waals surface area contributed by atoms with Gasteiger partial charge in [-0.25, -0.2) is 0 Å². The van der Waals surface area contributed by atoms with E-state index in [0.717, 1.165) is 29.4 Å². The molecule has 0 radical (unpaired) electrons. The molecule has 2 aromatic rings. The molecule has 1 aliphatic rings. The van der Waals surface area contributed by atoms with Crippen molar-refractivity contribution >= 4 is 27.8 Å². The molecule has 0 aliphatic carbocycles. The lowest BCUT2D eigenvalue weighted by Crippen LogP contribution is -2.36. The van der Waals surface area contributed by atoms with Gasteiger partial charge in [0.1, 0.15) is 6.07 Å². The number of benzene rings is 2. The van der Waals surface area contributed by atoms with Crippen molar-refractivity contribution in [1.82, 2.24) is 0 Å². The van der Waals surface area contributed by atoms with Crippen LogP contribution < -0.4 is 4.90 Å². The summed E-state index contributed by atoms with van der Waals surface area (Å²) in [4.78, 5) is 14.9. The fraction of sp³-hybridized carbons (Fsp3) is 0.440. The van der Waals surface area contributed by atoms with Crippen molar-refractivity contribution in [2.24, 2.45) is 0 Å². The van der Waals surface area contributed by atoms with Gasteiger partial charge in [0.05, 0.1) is 32.0 Å². The van der Waals surface area contributed by atoms with Gasteiger partial charge in [-0.2, -0.15) is 5.26 Å². The molecule has 6 nitrogen and oxygen atoms in total. The molecule has 1 fully saturated rings. The zero-order chi connectivity index (χ0) is 22.1. The fourth-order valence-electron chi connectivity index (χ4n) is 3.58. The Kier molecular flexibility index (Phi) is 8.60. The van der Waals surface area contributed by atoms with Crippen LogP contribution in [-0.2, 0) is 14.3 Å². The Balaban J connectivity index is 1.60. The Labute approximate surface area is 183 Å². The maximum Gasteiger partial charge on any atom is 0.173 e. The number of hydrogen-bond donors (Lipinski definition) is 1. The van der Waals surface area contributed by atoms with Crippen LogP contribution in [0.15, 0.2) is 42.0 Å². The van der Waals surface area contributed by atoms with Crippen molar-refractivity contribution in [3.05, 3.63) is 47.5 Å². The van der Waals surface area contributed by atoms with E-state index in [9.17, 15) is 10.1 Å². The van der Waals surface area contributed by atoms with E-state index in [1.54, 1.807) is 0 Å². The Morgan fingerprint density at radius 1 is 1.06 bits per heavy atom. The van der Waals surface area contributed by atoms with E-state index in [0.29, 0.717) is 38.4 Å². The normalized spacial score (nSPS) is 14.2. The predicted octanol–water partition coefficient (Wildman–Crippen LogP) is 3.72. The first-order chi connectivity index (χ1) is 15.1. The summed E-state index contributed by atoms with van der Waals surface area (Å²) in [6.07, 6.45) is 2.07. The molecule has 31 heavy (non-hydrogen) atoms. The van der Waals surface area contributed by atoms with Gasteiger partial charge in [-0.05, 0) is 59.9 Å². The second-order valence-corrected chi connectivity index (χ2v) is 7.67. The molecular weight excluding hydrogens is 392 g/mol. The van der Waals surface area contributed by atoms with Crippen LogP contribution in [0, 0.1) is 11.3 Å². The number of fused-ring (bicyclic) bond motifs is 1. The van der Waals surface area contributed by atoms with Crippen LogP contribution in [-0.4, -0.2) is 57.0 Å². The molecule has 0 unspecified atom stereocenters. The minimum absolute atomic E-state index is 0.00598. The average molecular weight is 423 g/mol. The number of Topliss-reactive ketones (excluding diaryl/α,β-unsaturated/α-hetero) is 1. The SMILES string of the molecule is C/C(=C(/C#N)C(=O)CCCOCCOCCO)c1ccc2cc(N3CCC3)ccc2c1. The van der Waals surface area contributed by atoms with E-state index in [2.05, 4.69) is 35.2 Å². The minimum atomic E-state index is -0.159. The van der Waals surface area contributed by atoms with Gasteiger partial charge >= 0.3 is 0 Å². The van der Waals surface area contributed by atoms with Gasteiger partial charge in [0.25, 0.3) is 0 Å². The lowest BCUT2D eigenvalue weighted by molar-refractivity contribution is -0.115. The van der Waals surface area contributed by atoms with Crippen LogP contribution in [0.25, 0.3) is 16.3 Å². The average Bonchev–Trinajstić information content (AvgIpc) is 2.74. The van der Waals surface area contributed by atoms with Gasteiger partial charge in [0.15, 0.2) is 5.78 Å². The molecule has 1 N–H and O–H groups in total. The number of ether oxygens (including phenoxy) is 2. The van der Waals surface area contributed by atoms with Crippen LogP contribution in [0.4, 0.5) is 5.69 Å². The Morgan fingerprint density at radius 3 is 2.45 bits per heavy atom. The number of anilines is 1. The summed E-state index contributed by atoms with van der Waals surface area (Å²) in [6, 6.07) is 14.6. The molecule has 0 spiro atoms. The van der Waals surface area contributed by atoms with E-state index in [1.807, 2.05) is 19.1 Å². The third-order valence-electron chi connectivity index (χ3n) is 5.54. The highest BCUT2D eigenvalue weighted by molar-refractivity contribution is 6.06. The van der Waals surface area contributed by atoms with E-state index in [1.165, 1.54) is 12.1 Å². The number of hydrogen-bond acceptors (Lipinski definition) is 6. The predicted molar refractivity (Wildman–Crippen MR) is 122 cm³/mol. The number of carbonyl (C=O) groups excluding carboxylic acids is 1. The molecule has 0 bridgehead atoms. The topological polar surface area (TPSA) is 82.8 Å². The highest BCUT2D eigenvalue weighted by atomic mass is 16.5. The van der Waals surface area contributed by atoms with Crippen LogP contribution in [0.1, 0.15) is 31.7 Å². The van der Waals surface area contributed by atoms with Gasteiger partial charge in [0, 0.05) is 31.8 Å². The molecule has 164 valence electrons. The van der Waals surface area contributed by atoms with Gasteiger partial charge in [-0.1, -0.05) is 18.2 Å². The highest BCUT2D eigenvalue weighted by Crippen LogP contribution is 2.28. The summed E-state index contributed by atoms with van der Waals surface area (Å²) in [5.41, 5.74) is 3.06. The third-order valence-corrected chi connectivity index (χ3v) is 5.54. The molecule has 1 heterocycles. The summed E-state index contributed by atoms with van der Waals surface area (Å²) in [6.45, 7) is 5.62. The number of ketones is 1. The maximum atomic E-state index is 12.6. The zero-order valence-corrected chi connectivity index (χ0v) is 18.1. The number of carbonyl (C=O) groups is 1. The highest BCUT2D eigenvalue weighted by Gasteiger charge is 2.16. The number of nitriles is 1. The summed E-state index contributed by atoms with van der Waals surface area (Å²) in [7, 11) is 0. The molecular formula is C25H30N2O4. The van der Waals surface area contributed by atoms with E-state index < -0.39 is 0 Å². The molecule has 0 amide bonds. The first kappa shape index (κ1) is 23.0. The number of aliphatic hydroxyl groups is 1. The summed E-state index contributed by atoms with van der Waals surface area (Å²) < 4.78 is 10.5. The van der Waals surface area contributed by atoms with Crippen molar-refractivity contribution in [3.63, 3.8) is 0 Å². The van der Waals surface area contributed by atoms with E-state index in [4.69, 9.17) is 14.6 Å². The Hall–Kier alpha value is -2.72. The molecule has 6 heteroatoms. The monoisotopic (exact) mass is 422 g/mol. The molecule has 3 rings (SSSR count). The van der Waals surface area contributed by atoms with Crippen molar-refractivity contribution in [2.45, 2.75) is 26.2 Å². The van der Waals surface area contributed by atoms with Crippen LogP contribution in [0.5, 0.6) is 0 Å². The van der Waals surface area contributed by atoms with Crippen LogP contribution >= 0.6 is 0 Å². The lowest BCUT2D eigenvalue weighted by Gasteiger charge is -2.33. The number of aliphatic hydroxyl groups excluding tert-OH is 1.